The summed E-state index contributed by atoms with van der Waals surface area (Å²) in [6.45, 7) is 1.64. The van der Waals surface area contributed by atoms with Crippen molar-refractivity contribution < 1.29 is 13.7 Å². The van der Waals surface area contributed by atoms with Crippen molar-refractivity contribution in [2.75, 3.05) is 38.2 Å². The third kappa shape index (κ3) is 3.10. The lowest BCUT2D eigenvalue weighted by Crippen LogP contribution is -2.56. The van der Waals surface area contributed by atoms with Crippen LogP contribution in [0.3, 0.4) is 0 Å². The van der Waals surface area contributed by atoms with Crippen molar-refractivity contribution >= 4 is 26.4 Å². The average molecular weight is 373 g/mol. The number of ether oxygens (including phenoxy) is 1. The molecule has 0 radical (unpaired) electrons. The number of carbonyl (C=O) groups is 1. The molecule has 1 amide bonds. The van der Waals surface area contributed by atoms with Gasteiger partial charge in [0.1, 0.15) is 0 Å². The summed E-state index contributed by atoms with van der Waals surface area (Å²) in [5.41, 5.74) is 0.316. The number of aromatic nitrogens is 1. The van der Waals surface area contributed by atoms with Gasteiger partial charge in [0.2, 0.25) is 0 Å². The molecular weight excluding hydrogens is 350 g/mol. The van der Waals surface area contributed by atoms with Gasteiger partial charge in [-0.15, -0.1) is 0 Å². The number of fused-ring (bicyclic) bond motifs is 1. The molecule has 2 aliphatic rings. The van der Waals surface area contributed by atoms with E-state index in [4.69, 9.17) is 4.74 Å². The van der Waals surface area contributed by atoms with Crippen LogP contribution in [0.25, 0.3) is 10.8 Å². The standard InChI is InChI=1S/C19H23N3O3S/c1-20-26(24)11-6-19(7-12-26)14-22(9-10-25-19)18(23)17-4-2-3-15-13-21-8-5-16(15)17/h2-5,8,13H,6-7,9-12,14H2,1H3. The third-order valence-corrected chi connectivity index (χ3v) is 7.88. The Morgan fingerprint density at radius 3 is 2.88 bits per heavy atom. The summed E-state index contributed by atoms with van der Waals surface area (Å²) < 4.78 is 22.6. The van der Waals surface area contributed by atoms with E-state index in [1.165, 1.54) is 0 Å². The number of carbonyl (C=O) groups excluding carboxylic acids is 1. The lowest BCUT2D eigenvalue weighted by molar-refractivity contribution is -0.104. The van der Waals surface area contributed by atoms with Crippen LogP contribution in [-0.4, -0.2) is 63.9 Å². The molecule has 26 heavy (non-hydrogen) atoms. The first-order valence-corrected chi connectivity index (χ1v) is 10.8. The molecule has 0 aliphatic carbocycles. The number of rotatable bonds is 1. The number of benzene rings is 1. The molecule has 3 heterocycles. The Morgan fingerprint density at radius 2 is 2.12 bits per heavy atom. The number of pyridine rings is 1. The Balaban J connectivity index is 1.58. The van der Waals surface area contributed by atoms with E-state index in [-0.39, 0.29) is 11.5 Å². The topological polar surface area (TPSA) is 71.9 Å². The van der Waals surface area contributed by atoms with Gasteiger partial charge >= 0.3 is 0 Å². The second-order valence-electron chi connectivity index (χ2n) is 7.02. The molecule has 2 aromatic rings. The minimum absolute atomic E-state index is 0.0240. The van der Waals surface area contributed by atoms with Crippen molar-refractivity contribution in [1.82, 2.24) is 9.88 Å². The summed E-state index contributed by atoms with van der Waals surface area (Å²) >= 11 is 0. The van der Waals surface area contributed by atoms with Crippen molar-refractivity contribution in [3.63, 3.8) is 0 Å². The molecule has 4 rings (SSSR count). The van der Waals surface area contributed by atoms with Crippen molar-refractivity contribution in [2.45, 2.75) is 18.4 Å². The minimum Gasteiger partial charge on any atom is -0.371 e. The van der Waals surface area contributed by atoms with Crippen molar-refractivity contribution in [3.05, 3.63) is 42.2 Å². The van der Waals surface area contributed by atoms with E-state index in [1.807, 2.05) is 29.2 Å². The molecule has 2 aliphatic heterocycles. The zero-order valence-electron chi connectivity index (χ0n) is 14.9. The Kier molecular flexibility index (Phi) is 4.44. The van der Waals surface area contributed by atoms with Crippen molar-refractivity contribution in [3.8, 4) is 0 Å². The highest BCUT2D eigenvalue weighted by Gasteiger charge is 2.42. The maximum Gasteiger partial charge on any atom is 0.254 e. The Labute approximate surface area is 153 Å². The summed E-state index contributed by atoms with van der Waals surface area (Å²) in [5, 5.41) is 1.88. The van der Waals surface area contributed by atoms with E-state index >= 15 is 0 Å². The van der Waals surface area contributed by atoms with Gasteiger partial charge in [-0.3, -0.25) is 9.78 Å². The van der Waals surface area contributed by atoms with E-state index in [1.54, 1.807) is 19.4 Å². The van der Waals surface area contributed by atoms with Gasteiger partial charge in [-0.2, -0.15) is 0 Å². The summed E-state index contributed by atoms with van der Waals surface area (Å²) in [6.07, 6.45) is 4.86. The maximum atomic E-state index is 13.2. The lowest BCUT2D eigenvalue weighted by Gasteiger charge is -2.45. The van der Waals surface area contributed by atoms with Crippen LogP contribution < -0.4 is 0 Å². The quantitative estimate of drug-likeness (QED) is 0.769. The Bertz CT molecular complexity index is 946. The molecule has 0 atom stereocenters. The summed E-state index contributed by atoms with van der Waals surface area (Å²) in [5.74, 6) is 1.12. The molecule has 6 nitrogen and oxygen atoms in total. The molecule has 1 aromatic heterocycles. The van der Waals surface area contributed by atoms with E-state index in [0.717, 1.165) is 10.8 Å². The maximum absolute atomic E-state index is 13.2. The van der Waals surface area contributed by atoms with Gasteiger partial charge in [0.15, 0.2) is 0 Å². The highest BCUT2D eigenvalue weighted by Crippen LogP contribution is 2.33. The zero-order valence-corrected chi connectivity index (χ0v) is 15.7. The van der Waals surface area contributed by atoms with Crippen LogP contribution in [0, 0.1) is 0 Å². The number of hydrogen-bond donors (Lipinski definition) is 0. The van der Waals surface area contributed by atoms with Gasteiger partial charge in [-0.05, 0) is 30.4 Å². The minimum atomic E-state index is -2.09. The molecule has 2 saturated heterocycles. The van der Waals surface area contributed by atoms with Gasteiger partial charge in [-0.25, -0.2) is 8.57 Å². The van der Waals surface area contributed by atoms with Crippen LogP contribution in [0.15, 0.2) is 41.0 Å². The fraction of sp³-hybridized carbons (Fsp3) is 0.474. The second-order valence-corrected chi connectivity index (χ2v) is 9.75. The number of nitrogens with zero attached hydrogens (tertiary/aromatic N) is 3. The van der Waals surface area contributed by atoms with E-state index < -0.39 is 9.73 Å². The molecular formula is C19H23N3O3S. The van der Waals surface area contributed by atoms with Crippen molar-refractivity contribution in [1.29, 1.82) is 0 Å². The first kappa shape index (κ1) is 17.4. The van der Waals surface area contributed by atoms with Gasteiger partial charge in [0.25, 0.3) is 5.91 Å². The molecule has 7 heteroatoms. The molecule has 0 unspecified atom stereocenters. The first-order chi connectivity index (χ1) is 12.5. The SMILES string of the molecule is CN=S1(=O)CCC2(CC1)CN(C(=O)c1cccc3cnccc13)CCO2. The molecule has 1 aromatic carbocycles. The van der Waals surface area contributed by atoms with Gasteiger partial charge in [0, 0.05) is 58.2 Å². The molecule has 2 fully saturated rings. The zero-order chi connectivity index (χ0) is 18.2. The monoisotopic (exact) mass is 373 g/mol. The van der Waals surface area contributed by atoms with Crippen molar-refractivity contribution in [2.24, 2.45) is 4.36 Å². The summed E-state index contributed by atoms with van der Waals surface area (Å²) in [6, 6.07) is 7.62. The fourth-order valence-electron chi connectivity index (χ4n) is 3.90. The van der Waals surface area contributed by atoms with Crippen LogP contribution in [0.2, 0.25) is 0 Å². The van der Waals surface area contributed by atoms with Crippen LogP contribution in [-0.2, 0) is 14.5 Å². The van der Waals surface area contributed by atoms with Crippen LogP contribution in [0.5, 0.6) is 0 Å². The predicted octanol–water partition coefficient (Wildman–Crippen LogP) is 2.34. The normalized spacial score (nSPS) is 29.0. The fourth-order valence-corrected chi connectivity index (χ4v) is 5.85. The molecule has 138 valence electrons. The number of hydrogen-bond acceptors (Lipinski definition) is 5. The van der Waals surface area contributed by atoms with E-state index in [2.05, 4.69) is 9.35 Å². The molecule has 0 bridgehead atoms. The smallest absolute Gasteiger partial charge is 0.254 e. The van der Waals surface area contributed by atoms with E-state index in [0.29, 0.717) is 49.6 Å². The van der Waals surface area contributed by atoms with Crippen LogP contribution in [0.1, 0.15) is 23.2 Å². The molecule has 0 N–H and O–H groups in total. The highest BCUT2D eigenvalue weighted by atomic mass is 32.2. The first-order valence-electron chi connectivity index (χ1n) is 8.91. The summed E-state index contributed by atoms with van der Waals surface area (Å²) in [7, 11) is -0.455. The molecule has 0 saturated carbocycles. The summed E-state index contributed by atoms with van der Waals surface area (Å²) in [4.78, 5) is 19.2. The highest BCUT2D eigenvalue weighted by molar-refractivity contribution is 7.93. The molecule has 1 spiro atoms. The number of amides is 1. The van der Waals surface area contributed by atoms with Gasteiger partial charge in [-0.1, -0.05) is 12.1 Å². The predicted molar refractivity (Wildman–Crippen MR) is 102 cm³/mol. The second kappa shape index (κ2) is 6.63. The van der Waals surface area contributed by atoms with Crippen LogP contribution >= 0.6 is 0 Å². The lowest BCUT2D eigenvalue weighted by atomic mass is 9.93. The third-order valence-electron chi connectivity index (χ3n) is 5.53. The largest absolute Gasteiger partial charge is 0.371 e. The van der Waals surface area contributed by atoms with Gasteiger partial charge < -0.3 is 9.64 Å². The van der Waals surface area contributed by atoms with Crippen LogP contribution in [0.4, 0.5) is 0 Å². The van der Waals surface area contributed by atoms with Gasteiger partial charge in [0.05, 0.1) is 18.8 Å². The van der Waals surface area contributed by atoms with E-state index in [9.17, 15) is 9.00 Å². The average Bonchev–Trinajstić information content (AvgIpc) is 2.70. The number of morpholine rings is 1. The Morgan fingerprint density at radius 1 is 1.31 bits per heavy atom. The Hall–Kier alpha value is -1.99.